The molecule has 24 heavy (non-hydrogen) atoms. The number of aromatic nitrogens is 3. The monoisotopic (exact) mass is 354 g/mol. The van der Waals surface area contributed by atoms with Gasteiger partial charge in [-0.15, -0.1) is 5.10 Å². The minimum atomic E-state index is -0.277. The molecule has 2 aromatic rings. The number of furan rings is 1. The molecule has 1 N–H and O–H groups in total. The Morgan fingerprint density at radius 3 is 2.96 bits per heavy atom. The third-order valence-corrected chi connectivity index (χ3v) is 4.35. The summed E-state index contributed by atoms with van der Waals surface area (Å²) in [4.78, 5) is 25.6. The lowest BCUT2D eigenvalue weighted by Gasteiger charge is -2.15. The number of rotatable bonds is 9. The van der Waals surface area contributed by atoms with Crippen LogP contribution in [0, 0.1) is 6.92 Å². The summed E-state index contributed by atoms with van der Waals surface area (Å²) in [6, 6.07) is 3.72. The van der Waals surface area contributed by atoms with Gasteiger partial charge in [-0.3, -0.25) is 9.36 Å². The molecule has 0 unspecified atom stereocenters. The van der Waals surface area contributed by atoms with Crippen LogP contribution in [-0.4, -0.2) is 52.1 Å². The first-order valence-electron chi connectivity index (χ1n) is 7.57. The van der Waals surface area contributed by atoms with E-state index >= 15 is 0 Å². The number of methoxy groups -OCH3 is 1. The summed E-state index contributed by atoms with van der Waals surface area (Å²) in [5, 5.41) is 6.89. The molecule has 0 saturated carbocycles. The van der Waals surface area contributed by atoms with E-state index in [0.717, 1.165) is 11.5 Å². The van der Waals surface area contributed by atoms with Crippen LogP contribution in [0.15, 0.2) is 26.5 Å². The molecule has 0 atom stereocenters. The SMILES string of the molecule is COCCCn1c(SCC(=O)N(C)Cc2ccc(C)o2)n[nH]c1=O. The highest BCUT2D eigenvalue weighted by Crippen LogP contribution is 2.15. The molecule has 8 nitrogen and oxygen atoms in total. The van der Waals surface area contributed by atoms with Crippen molar-refractivity contribution >= 4 is 17.7 Å². The van der Waals surface area contributed by atoms with Gasteiger partial charge in [0.2, 0.25) is 5.91 Å². The molecule has 0 spiro atoms. The largest absolute Gasteiger partial charge is 0.464 e. The lowest BCUT2D eigenvalue weighted by Crippen LogP contribution is -2.28. The van der Waals surface area contributed by atoms with Crippen molar-refractivity contribution in [2.24, 2.45) is 0 Å². The maximum atomic E-state index is 12.2. The van der Waals surface area contributed by atoms with Crippen molar-refractivity contribution in [2.75, 3.05) is 26.5 Å². The lowest BCUT2D eigenvalue weighted by atomic mass is 10.4. The van der Waals surface area contributed by atoms with Crippen molar-refractivity contribution in [1.29, 1.82) is 0 Å². The van der Waals surface area contributed by atoms with E-state index in [2.05, 4.69) is 10.2 Å². The maximum Gasteiger partial charge on any atom is 0.343 e. The van der Waals surface area contributed by atoms with Gasteiger partial charge in [0.25, 0.3) is 0 Å². The summed E-state index contributed by atoms with van der Waals surface area (Å²) < 4.78 is 12.0. The number of thioether (sulfide) groups is 1. The van der Waals surface area contributed by atoms with Gasteiger partial charge in [0, 0.05) is 27.3 Å². The fourth-order valence-electron chi connectivity index (χ4n) is 2.11. The van der Waals surface area contributed by atoms with E-state index < -0.39 is 0 Å². The fourth-order valence-corrected chi connectivity index (χ4v) is 3.02. The minimum Gasteiger partial charge on any atom is -0.464 e. The zero-order valence-corrected chi connectivity index (χ0v) is 14.9. The highest BCUT2D eigenvalue weighted by molar-refractivity contribution is 7.99. The van der Waals surface area contributed by atoms with Crippen molar-refractivity contribution in [3.05, 3.63) is 34.1 Å². The second-order valence-corrected chi connectivity index (χ2v) is 6.30. The number of hydrogen-bond donors (Lipinski definition) is 1. The van der Waals surface area contributed by atoms with Gasteiger partial charge >= 0.3 is 5.69 Å². The Hall–Kier alpha value is -2.00. The highest BCUT2D eigenvalue weighted by Gasteiger charge is 2.15. The van der Waals surface area contributed by atoms with Gasteiger partial charge in [0.1, 0.15) is 11.5 Å². The van der Waals surface area contributed by atoms with Crippen LogP contribution in [0.1, 0.15) is 17.9 Å². The van der Waals surface area contributed by atoms with E-state index in [9.17, 15) is 9.59 Å². The topological polar surface area (TPSA) is 93.4 Å². The van der Waals surface area contributed by atoms with Crippen molar-refractivity contribution < 1.29 is 13.9 Å². The van der Waals surface area contributed by atoms with Crippen LogP contribution in [0.4, 0.5) is 0 Å². The smallest absolute Gasteiger partial charge is 0.343 e. The Labute approximate surface area is 144 Å². The fraction of sp³-hybridized carbons (Fsp3) is 0.533. The van der Waals surface area contributed by atoms with Crippen molar-refractivity contribution in [3.8, 4) is 0 Å². The molecule has 2 rings (SSSR count). The summed E-state index contributed by atoms with van der Waals surface area (Å²) in [7, 11) is 3.33. The van der Waals surface area contributed by atoms with Crippen LogP contribution in [0.5, 0.6) is 0 Å². The standard InChI is InChI=1S/C15H22N4O4S/c1-11-5-6-12(23-11)9-18(2)13(20)10-24-15-17-16-14(21)19(15)7-4-8-22-3/h5-6H,4,7-10H2,1-3H3,(H,16,21). The van der Waals surface area contributed by atoms with Crippen LogP contribution in [-0.2, 0) is 22.6 Å². The Kier molecular flexibility index (Phi) is 6.68. The Morgan fingerprint density at radius 2 is 2.29 bits per heavy atom. The van der Waals surface area contributed by atoms with Gasteiger partial charge in [0.15, 0.2) is 5.16 Å². The third kappa shape index (κ3) is 5.00. The molecule has 0 aromatic carbocycles. The molecular weight excluding hydrogens is 332 g/mol. The highest BCUT2D eigenvalue weighted by atomic mass is 32.2. The first-order valence-corrected chi connectivity index (χ1v) is 8.56. The van der Waals surface area contributed by atoms with E-state index in [1.165, 1.54) is 16.3 Å². The summed E-state index contributed by atoms with van der Waals surface area (Å²) in [6.07, 6.45) is 0.704. The van der Waals surface area contributed by atoms with Gasteiger partial charge in [-0.1, -0.05) is 11.8 Å². The number of hydrogen-bond acceptors (Lipinski definition) is 6. The molecule has 2 aromatic heterocycles. The van der Waals surface area contributed by atoms with Crippen molar-refractivity contribution in [1.82, 2.24) is 19.7 Å². The Bertz CT molecular complexity index is 721. The quantitative estimate of drug-likeness (QED) is 0.538. The molecule has 0 bridgehead atoms. The average Bonchev–Trinajstić information content (AvgIpc) is 3.11. The number of aryl methyl sites for hydroxylation is 1. The van der Waals surface area contributed by atoms with Crippen LogP contribution in [0.25, 0.3) is 0 Å². The summed E-state index contributed by atoms with van der Waals surface area (Å²) in [6.45, 7) is 3.34. The van der Waals surface area contributed by atoms with Gasteiger partial charge in [-0.25, -0.2) is 9.89 Å². The van der Waals surface area contributed by atoms with Gasteiger partial charge < -0.3 is 14.1 Å². The first-order chi connectivity index (χ1) is 11.5. The molecule has 132 valence electrons. The number of ether oxygens (including phenoxy) is 1. The summed E-state index contributed by atoms with van der Waals surface area (Å²) >= 11 is 1.24. The molecule has 0 radical (unpaired) electrons. The van der Waals surface area contributed by atoms with E-state index in [-0.39, 0.29) is 17.3 Å². The zero-order chi connectivity index (χ0) is 17.5. The van der Waals surface area contributed by atoms with Gasteiger partial charge in [-0.05, 0) is 25.5 Å². The number of carbonyl (C=O) groups is 1. The number of H-pyrrole nitrogens is 1. The summed E-state index contributed by atoms with van der Waals surface area (Å²) in [5.41, 5.74) is -0.277. The Balaban J connectivity index is 1.88. The first kappa shape index (κ1) is 18.3. The number of amides is 1. The summed E-state index contributed by atoms with van der Waals surface area (Å²) in [5.74, 6) is 1.69. The molecule has 0 aliphatic rings. The maximum absolute atomic E-state index is 12.2. The molecule has 9 heteroatoms. The van der Waals surface area contributed by atoms with E-state index in [1.807, 2.05) is 19.1 Å². The molecule has 0 fully saturated rings. The van der Waals surface area contributed by atoms with Crippen LogP contribution >= 0.6 is 11.8 Å². The van der Waals surface area contributed by atoms with E-state index in [4.69, 9.17) is 9.15 Å². The van der Waals surface area contributed by atoms with E-state index in [1.54, 1.807) is 19.1 Å². The average molecular weight is 354 g/mol. The van der Waals surface area contributed by atoms with Crippen molar-refractivity contribution in [2.45, 2.75) is 31.6 Å². The van der Waals surface area contributed by atoms with Crippen LogP contribution in [0.2, 0.25) is 0 Å². The predicted molar refractivity (Wildman–Crippen MR) is 90.0 cm³/mol. The molecule has 0 saturated heterocycles. The second-order valence-electron chi connectivity index (χ2n) is 5.36. The van der Waals surface area contributed by atoms with Gasteiger partial charge in [-0.2, -0.15) is 0 Å². The van der Waals surface area contributed by atoms with E-state index in [0.29, 0.717) is 31.3 Å². The number of aromatic amines is 1. The second kappa shape index (κ2) is 8.74. The Morgan fingerprint density at radius 1 is 1.50 bits per heavy atom. The third-order valence-electron chi connectivity index (χ3n) is 3.39. The minimum absolute atomic E-state index is 0.0621. The molecule has 0 aliphatic heterocycles. The van der Waals surface area contributed by atoms with Gasteiger partial charge in [0.05, 0.1) is 12.3 Å². The predicted octanol–water partition coefficient (Wildman–Crippen LogP) is 1.26. The zero-order valence-electron chi connectivity index (χ0n) is 14.1. The molecular formula is C15H22N4O4S. The number of nitrogens with one attached hydrogen (secondary N) is 1. The molecule has 0 aliphatic carbocycles. The number of carbonyl (C=O) groups excluding carboxylic acids is 1. The van der Waals surface area contributed by atoms with Crippen molar-refractivity contribution in [3.63, 3.8) is 0 Å². The van der Waals surface area contributed by atoms with Crippen LogP contribution < -0.4 is 5.69 Å². The number of nitrogens with zero attached hydrogens (tertiary/aromatic N) is 3. The molecule has 2 heterocycles. The normalized spacial score (nSPS) is 11.0. The lowest BCUT2D eigenvalue weighted by molar-refractivity contribution is -0.127. The molecule has 1 amide bonds. The van der Waals surface area contributed by atoms with Crippen LogP contribution in [0.3, 0.4) is 0 Å².